The fourth-order valence-corrected chi connectivity index (χ4v) is 3.25. The highest BCUT2D eigenvalue weighted by Crippen LogP contribution is 2.14. The van der Waals surface area contributed by atoms with Crippen molar-refractivity contribution in [3.05, 3.63) is 52.9 Å². The molecule has 0 aliphatic carbocycles. The van der Waals surface area contributed by atoms with E-state index in [1.165, 1.54) is 19.2 Å². The molecule has 1 aliphatic rings. The summed E-state index contributed by atoms with van der Waals surface area (Å²) in [5, 5.41) is 4.00. The Morgan fingerprint density at radius 1 is 1.12 bits per heavy atom. The van der Waals surface area contributed by atoms with E-state index in [9.17, 15) is 4.79 Å². The number of carbonyl (C=O) groups is 1. The first-order valence-electron chi connectivity index (χ1n) is 8.82. The lowest BCUT2D eigenvalue weighted by molar-refractivity contribution is 0.0755. The highest BCUT2D eigenvalue weighted by molar-refractivity contribution is 6.30. The molecular weight excluding hydrogens is 336 g/mol. The Hall–Kier alpha value is -2.14. The Labute approximate surface area is 153 Å². The molecule has 6 heteroatoms. The van der Waals surface area contributed by atoms with Crippen LogP contribution in [0.25, 0.3) is 0 Å². The second kappa shape index (κ2) is 8.81. The third-order valence-electron chi connectivity index (χ3n) is 4.39. The molecule has 1 N–H and O–H groups in total. The zero-order chi connectivity index (χ0) is 17.5. The second-order valence-corrected chi connectivity index (χ2v) is 6.74. The molecule has 25 heavy (non-hydrogen) atoms. The third-order valence-corrected chi connectivity index (χ3v) is 4.62. The van der Waals surface area contributed by atoms with Crippen LogP contribution >= 0.6 is 11.6 Å². The summed E-state index contributed by atoms with van der Waals surface area (Å²) in [7, 11) is 0. The molecule has 1 amide bonds. The highest BCUT2D eigenvalue weighted by Gasteiger charge is 2.18. The molecule has 0 spiro atoms. The van der Waals surface area contributed by atoms with E-state index >= 15 is 0 Å². The van der Waals surface area contributed by atoms with Gasteiger partial charge in [0, 0.05) is 30.7 Å². The van der Waals surface area contributed by atoms with Crippen molar-refractivity contribution >= 4 is 23.3 Å². The molecule has 0 unspecified atom stereocenters. The molecule has 0 radical (unpaired) electrons. The van der Waals surface area contributed by atoms with Crippen molar-refractivity contribution in [2.24, 2.45) is 0 Å². The number of nitrogens with zero attached hydrogens (tertiary/aromatic N) is 3. The molecule has 1 aliphatic heterocycles. The van der Waals surface area contributed by atoms with Gasteiger partial charge in [-0.2, -0.15) is 0 Å². The number of rotatable bonds is 5. The normalized spacial score (nSPS) is 14.8. The number of benzene rings is 1. The van der Waals surface area contributed by atoms with E-state index in [2.05, 4.69) is 15.3 Å². The van der Waals surface area contributed by atoms with Gasteiger partial charge in [0.05, 0.1) is 0 Å². The van der Waals surface area contributed by atoms with Gasteiger partial charge in [0.1, 0.15) is 17.8 Å². The van der Waals surface area contributed by atoms with Crippen molar-refractivity contribution in [2.75, 3.05) is 25.0 Å². The van der Waals surface area contributed by atoms with Crippen LogP contribution in [0.15, 0.2) is 36.7 Å². The summed E-state index contributed by atoms with van der Waals surface area (Å²) in [6, 6.07) is 9.55. The summed E-state index contributed by atoms with van der Waals surface area (Å²) < 4.78 is 0. The first kappa shape index (κ1) is 17.7. The summed E-state index contributed by atoms with van der Waals surface area (Å²) in [4.78, 5) is 22.9. The van der Waals surface area contributed by atoms with Gasteiger partial charge in [-0.1, -0.05) is 36.6 Å². The fourth-order valence-electron chi connectivity index (χ4n) is 3.03. The number of hydrogen-bond acceptors (Lipinski definition) is 4. The van der Waals surface area contributed by atoms with Crippen molar-refractivity contribution in [1.82, 2.24) is 14.9 Å². The van der Waals surface area contributed by atoms with Crippen LogP contribution in [0.4, 0.5) is 5.82 Å². The molecule has 132 valence electrons. The van der Waals surface area contributed by atoms with Gasteiger partial charge in [-0.3, -0.25) is 4.79 Å². The Morgan fingerprint density at radius 3 is 2.68 bits per heavy atom. The topological polar surface area (TPSA) is 58.1 Å². The van der Waals surface area contributed by atoms with Crippen LogP contribution in [-0.2, 0) is 6.42 Å². The molecule has 1 aromatic carbocycles. The predicted molar refractivity (Wildman–Crippen MR) is 100 cm³/mol. The minimum absolute atomic E-state index is 0.00203. The van der Waals surface area contributed by atoms with Crippen LogP contribution in [0, 0.1) is 0 Å². The number of anilines is 1. The predicted octanol–water partition coefficient (Wildman–Crippen LogP) is 3.80. The Kier molecular flexibility index (Phi) is 6.23. The maximum Gasteiger partial charge on any atom is 0.272 e. The van der Waals surface area contributed by atoms with Crippen LogP contribution in [0.1, 0.15) is 41.7 Å². The first-order chi connectivity index (χ1) is 12.2. The van der Waals surface area contributed by atoms with Gasteiger partial charge in [0.25, 0.3) is 5.91 Å². The number of aromatic nitrogens is 2. The summed E-state index contributed by atoms with van der Waals surface area (Å²) in [6.07, 6.45) is 6.82. The number of nitrogens with one attached hydrogen (secondary N) is 1. The van der Waals surface area contributed by atoms with Crippen molar-refractivity contribution < 1.29 is 4.79 Å². The van der Waals surface area contributed by atoms with Gasteiger partial charge in [0.2, 0.25) is 0 Å². The van der Waals surface area contributed by atoms with Gasteiger partial charge in [0.15, 0.2) is 0 Å². The maximum atomic E-state index is 12.6. The molecule has 1 aromatic heterocycles. The van der Waals surface area contributed by atoms with Gasteiger partial charge >= 0.3 is 0 Å². The largest absolute Gasteiger partial charge is 0.370 e. The lowest BCUT2D eigenvalue weighted by atomic mass is 10.1. The van der Waals surface area contributed by atoms with E-state index in [0.29, 0.717) is 18.1 Å². The molecule has 2 heterocycles. The summed E-state index contributed by atoms with van der Waals surface area (Å²) in [5.74, 6) is 0.678. The van der Waals surface area contributed by atoms with E-state index in [0.717, 1.165) is 42.9 Å². The van der Waals surface area contributed by atoms with Gasteiger partial charge in [-0.05, 0) is 37.0 Å². The number of halogens is 1. The van der Waals surface area contributed by atoms with Gasteiger partial charge in [-0.25, -0.2) is 9.97 Å². The molecule has 2 aromatic rings. The molecule has 1 saturated heterocycles. The highest BCUT2D eigenvalue weighted by atomic mass is 35.5. The molecule has 0 bridgehead atoms. The van der Waals surface area contributed by atoms with Crippen molar-refractivity contribution in [2.45, 2.75) is 32.1 Å². The number of amides is 1. The van der Waals surface area contributed by atoms with Crippen molar-refractivity contribution in [3.63, 3.8) is 0 Å². The minimum Gasteiger partial charge on any atom is -0.370 e. The standard InChI is InChI=1S/C19H23ClN4O/c20-16-7-5-6-15(12-16)8-9-21-18-13-17(22-14-23-18)19(25)24-10-3-1-2-4-11-24/h5-7,12-14H,1-4,8-11H2,(H,21,22,23). The Bertz CT molecular complexity index is 714. The molecule has 1 fully saturated rings. The summed E-state index contributed by atoms with van der Waals surface area (Å²) in [6.45, 7) is 2.36. The van der Waals surface area contributed by atoms with E-state index in [4.69, 9.17) is 11.6 Å². The van der Waals surface area contributed by atoms with Crippen LogP contribution in [0.3, 0.4) is 0 Å². The summed E-state index contributed by atoms with van der Waals surface area (Å²) >= 11 is 6.00. The Morgan fingerprint density at radius 2 is 1.92 bits per heavy atom. The number of hydrogen-bond donors (Lipinski definition) is 1. The van der Waals surface area contributed by atoms with Gasteiger partial charge < -0.3 is 10.2 Å². The lowest BCUT2D eigenvalue weighted by Crippen LogP contribution is -2.32. The first-order valence-corrected chi connectivity index (χ1v) is 9.20. The average molecular weight is 359 g/mol. The van der Waals surface area contributed by atoms with Crippen LogP contribution in [0.2, 0.25) is 5.02 Å². The van der Waals surface area contributed by atoms with Gasteiger partial charge in [-0.15, -0.1) is 0 Å². The average Bonchev–Trinajstić information content (AvgIpc) is 2.91. The third kappa shape index (κ3) is 5.16. The quantitative estimate of drug-likeness (QED) is 0.883. The second-order valence-electron chi connectivity index (χ2n) is 6.30. The van der Waals surface area contributed by atoms with Crippen LogP contribution < -0.4 is 5.32 Å². The Balaban J connectivity index is 1.58. The van der Waals surface area contributed by atoms with Crippen molar-refractivity contribution in [1.29, 1.82) is 0 Å². The molecule has 0 saturated carbocycles. The molecule has 5 nitrogen and oxygen atoms in total. The maximum absolute atomic E-state index is 12.6. The zero-order valence-electron chi connectivity index (χ0n) is 14.2. The van der Waals surface area contributed by atoms with E-state index < -0.39 is 0 Å². The number of carbonyl (C=O) groups excluding carboxylic acids is 1. The SMILES string of the molecule is O=C(c1cc(NCCc2cccc(Cl)c2)ncn1)N1CCCCCC1. The molecular formula is C19H23ClN4O. The smallest absolute Gasteiger partial charge is 0.272 e. The zero-order valence-corrected chi connectivity index (χ0v) is 15.0. The van der Waals surface area contributed by atoms with E-state index in [1.807, 2.05) is 29.2 Å². The lowest BCUT2D eigenvalue weighted by Gasteiger charge is -2.19. The minimum atomic E-state index is 0.00203. The monoisotopic (exact) mass is 358 g/mol. The summed E-state index contributed by atoms with van der Waals surface area (Å²) in [5.41, 5.74) is 1.62. The van der Waals surface area contributed by atoms with E-state index in [-0.39, 0.29) is 5.91 Å². The van der Waals surface area contributed by atoms with Crippen LogP contribution in [-0.4, -0.2) is 40.4 Å². The number of likely N-dealkylation sites (tertiary alicyclic amines) is 1. The molecule has 3 rings (SSSR count). The van der Waals surface area contributed by atoms with Crippen LogP contribution in [0.5, 0.6) is 0 Å². The fraction of sp³-hybridized carbons (Fsp3) is 0.421. The molecule has 0 atom stereocenters. The van der Waals surface area contributed by atoms with E-state index in [1.54, 1.807) is 6.07 Å². The van der Waals surface area contributed by atoms with Crippen molar-refractivity contribution in [3.8, 4) is 0 Å².